The number of aliphatic hydroxyl groups excluding tert-OH is 1. The second-order valence-corrected chi connectivity index (χ2v) is 5.28. The van der Waals surface area contributed by atoms with Crippen LogP contribution in [0.15, 0.2) is 36.4 Å². The Morgan fingerprint density at radius 2 is 1.86 bits per heavy atom. The van der Waals surface area contributed by atoms with Crippen molar-refractivity contribution in [2.75, 3.05) is 11.9 Å². The third-order valence-electron chi connectivity index (χ3n) is 2.85. The van der Waals surface area contributed by atoms with Crippen LogP contribution < -0.4 is 5.32 Å². The number of anilines is 1. The van der Waals surface area contributed by atoms with Crippen molar-refractivity contribution < 1.29 is 9.50 Å². The fourth-order valence-electron chi connectivity index (χ4n) is 1.82. The van der Waals surface area contributed by atoms with Crippen LogP contribution in [0.4, 0.5) is 10.1 Å². The lowest BCUT2D eigenvalue weighted by molar-refractivity contribution is 0.191. The fraction of sp³-hybridized carbons (Fsp3) is 0.133. The first-order valence-corrected chi connectivity index (χ1v) is 6.83. The first kappa shape index (κ1) is 15.6. The summed E-state index contributed by atoms with van der Waals surface area (Å²) in [6.45, 7) is 0.0828. The first-order chi connectivity index (χ1) is 9.99. The molecule has 0 aliphatic heterocycles. The van der Waals surface area contributed by atoms with Crippen molar-refractivity contribution in [3.8, 4) is 6.07 Å². The normalized spacial score (nSPS) is 11.8. The van der Waals surface area contributed by atoms with Gasteiger partial charge in [0.25, 0.3) is 0 Å². The molecule has 0 aliphatic carbocycles. The van der Waals surface area contributed by atoms with Gasteiger partial charge in [0.05, 0.1) is 23.4 Å². The van der Waals surface area contributed by atoms with Gasteiger partial charge in [0.1, 0.15) is 5.82 Å². The zero-order valence-electron chi connectivity index (χ0n) is 10.8. The predicted octanol–water partition coefficient (Wildman–Crippen LogP) is 4.15. The summed E-state index contributed by atoms with van der Waals surface area (Å²) in [5, 5.41) is 22.4. The highest BCUT2D eigenvalue weighted by atomic mass is 35.5. The molecule has 0 amide bonds. The van der Waals surface area contributed by atoms with E-state index in [1.165, 1.54) is 12.1 Å². The van der Waals surface area contributed by atoms with E-state index >= 15 is 0 Å². The molecule has 0 radical (unpaired) electrons. The van der Waals surface area contributed by atoms with Gasteiger partial charge < -0.3 is 10.4 Å². The van der Waals surface area contributed by atoms with Gasteiger partial charge in [0, 0.05) is 16.6 Å². The molecule has 0 aromatic heterocycles. The van der Waals surface area contributed by atoms with Crippen molar-refractivity contribution in [2.24, 2.45) is 0 Å². The van der Waals surface area contributed by atoms with Crippen molar-refractivity contribution >= 4 is 28.9 Å². The molecule has 0 heterocycles. The first-order valence-electron chi connectivity index (χ1n) is 6.07. The molecule has 1 unspecified atom stereocenters. The van der Waals surface area contributed by atoms with Crippen molar-refractivity contribution in [2.45, 2.75) is 6.10 Å². The average Bonchev–Trinajstić information content (AvgIpc) is 2.44. The lowest BCUT2D eigenvalue weighted by atomic mass is 10.1. The molecule has 6 heteroatoms. The smallest absolute Gasteiger partial charge is 0.147 e. The Labute approximate surface area is 131 Å². The van der Waals surface area contributed by atoms with Crippen LogP contribution >= 0.6 is 23.2 Å². The van der Waals surface area contributed by atoms with Crippen LogP contribution in [0.5, 0.6) is 0 Å². The van der Waals surface area contributed by atoms with Gasteiger partial charge in [0.2, 0.25) is 0 Å². The molecule has 3 nitrogen and oxygen atoms in total. The molecule has 0 aliphatic rings. The molecule has 0 saturated carbocycles. The molecular formula is C15H11Cl2FN2O. The lowest BCUT2D eigenvalue weighted by Gasteiger charge is -2.14. The van der Waals surface area contributed by atoms with Crippen LogP contribution in [0.3, 0.4) is 0 Å². The zero-order valence-corrected chi connectivity index (χ0v) is 12.3. The lowest BCUT2D eigenvalue weighted by Crippen LogP contribution is -2.13. The van der Waals surface area contributed by atoms with E-state index in [-0.39, 0.29) is 17.8 Å². The van der Waals surface area contributed by atoms with Gasteiger partial charge in [-0.05, 0) is 42.0 Å². The third kappa shape index (κ3) is 4.08. The topological polar surface area (TPSA) is 56.0 Å². The molecule has 2 aromatic rings. The maximum absolute atomic E-state index is 13.7. The minimum atomic E-state index is -0.892. The van der Waals surface area contributed by atoms with E-state index in [9.17, 15) is 9.50 Å². The van der Waals surface area contributed by atoms with Crippen LogP contribution in [0.2, 0.25) is 10.0 Å². The van der Waals surface area contributed by atoms with E-state index in [2.05, 4.69) is 5.32 Å². The Morgan fingerprint density at radius 1 is 1.19 bits per heavy atom. The minimum Gasteiger partial charge on any atom is -0.387 e. The Bertz CT molecular complexity index is 680. The van der Waals surface area contributed by atoms with E-state index in [1.54, 1.807) is 18.2 Å². The van der Waals surface area contributed by atoms with Crippen LogP contribution in [0, 0.1) is 17.1 Å². The zero-order chi connectivity index (χ0) is 15.4. The fourth-order valence-corrected chi connectivity index (χ4v) is 2.36. The van der Waals surface area contributed by atoms with E-state index in [0.29, 0.717) is 15.6 Å². The summed E-state index contributed by atoms with van der Waals surface area (Å²) in [5.74, 6) is -0.551. The summed E-state index contributed by atoms with van der Waals surface area (Å²) in [7, 11) is 0. The molecule has 2 aromatic carbocycles. The monoisotopic (exact) mass is 324 g/mol. The Morgan fingerprint density at radius 3 is 2.43 bits per heavy atom. The average molecular weight is 325 g/mol. The molecule has 1 atom stereocenters. The third-order valence-corrected chi connectivity index (χ3v) is 3.29. The Hall–Kier alpha value is -1.80. The van der Waals surface area contributed by atoms with Crippen LogP contribution in [-0.2, 0) is 0 Å². The largest absolute Gasteiger partial charge is 0.387 e. The van der Waals surface area contributed by atoms with Crippen molar-refractivity contribution in [1.82, 2.24) is 0 Å². The molecule has 0 saturated heterocycles. The quantitative estimate of drug-likeness (QED) is 0.888. The predicted molar refractivity (Wildman–Crippen MR) is 81.0 cm³/mol. The summed E-state index contributed by atoms with van der Waals surface area (Å²) in [6.07, 6.45) is -0.892. The second kappa shape index (κ2) is 6.77. The highest BCUT2D eigenvalue weighted by molar-refractivity contribution is 6.34. The second-order valence-electron chi connectivity index (χ2n) is 4.41. The molecule has 2 rings (SSSR count). The number of hydrogen-bond acceptors (Lipinski definition) is 3. The number of aliphatic hydroxyl groups is 1. The van der Waals surface area contributed by atoms with Gasteiger partial charge in [-0.1, -0.05) is 23.2 Å². The van der Waals surface area contributed by atoms with Crippen molar-refractivity contribution in [1.29, 1.82) is 5.26 Å². The molecule has 108 valence electrons. The van der Waals surface area contributed by atoms with Crippen LogP contribution in [0.25, 0.3) is 0 Å². The van der Waals surface area contributed by atoms with Crippen LogP contribution in [-0.4, -0.2) is 11.7 Å². The van der Waals surface area contributed by atoms with Gasteiger partial charge in [-0.25, -0.2) is 4.39 Å². The number of benzene rings is 2. The summed E-state index contributed by atoms with van der Waals surface area (Å²) in [6, 6.07) is 10.7. The SMILES string of the molecule is N#Cc1ccc(NCC(O)c2cc(Cl)cc(Cl)c2)c(F)c1. The number of nitrogens with one attached hydrogen (secondary N) is 1. The number of nitriles is 1. The van der Waals surface area contributed by atoms with E-state index in [4.69, 9.17) is 28.5 Å². The molecule has 0 fully saturated rings. The standard InChI is InChI=1S/C15H11Cl2FN2O/c16-11-4-10(5-12(17)6-11)15(21)8-20-14-2-1-9(7-19)3-13(14)18/h1-6,15,20-21H,8H2. The summed E-state index contributed by atoms with van der Waals surface area (Å²) >= 11 is 11.7. The highest BCUT2D eigenvalue weighted by Gasteiger charge is 2.11. The van der Waals surface area contributed by atoms with Gasteiger partial charge in [0.15, 0.2) is 0 Å². The van der Waals surface area contributed by atoms with Crippen molar-refractivity contribution in [3.63, 3.8) is 0 Å². The van der Waals surface area contributed by atoms with Crippen LogP contribution in [0.1, 0.15) is 17.2 Å². The summed E-state index contributed by atoms with van der Waals surface area (Å²) in [5.41, 5.74) is 0.982. The van der Waals surface area contributed by atoms with Gasteiger partial charge >= 0.3 is 0 Å². The molecule has 2 N–H and O–H groups in total. The Kier molecular flexibility index (Phi) is 5.03. The van der Waals surface area contributed by atoms with E-state index in [1.807, 2.05) is 6.07 Å². The summed E-state index contributed by atoms with van der Waals surface area (Å²) in [4.78, 5) is 0. The maximum atomic E-state index is 13.7. The molecule has 0 spiro atoms. The highest BCUT2D eigenvalue weighted by Crippen LogP contribution is 2.24. The van der Waals surface area contributed by atoms with Crippen molar-refractivity contribution in [3.05, 3.63) is 63.4 Å². The number of rotatable bonds is 4. The number of hydrogen-bond donors (Lipinski definition) is 2. The molecular weight excluding hydrogens is 314 g/mol. The minimum absolute atomic E-state index is 0.0828. The van der Waals surface area contributed by atoms with Gasteiger partial charge in [-0.3, -0.25) is 0 Å². The summed E-state index contributed by atoms with van der Waals surface area (Å²) < 4.78 is 13.7. The number of halogens is 3. The maximum Gasteiger partial charge on any atom is 0.147 e. The van der Waals surface area contributed by atoms with E-state index < -0.39 is 11.9 Å². The number of nitrogens with zero attached hydrogens (tertiary/aromatic N) is 1. The van der Waals surface area contributed by atoms with Gasteiger partial charge in [-0.2, -0.15) is 5.26 Å². The van der Waals surface area contributed by atoms with Gasteiger partial charge in [-0.15, -0.1) is 0 Å². The van der Waals surface area contributed by atoms with E-state index in [0.717, 1.165) is 6.07 Å². The molecule has 0 bridgehead atoms. The Balaban J connectivity index is 2.07. The molecule has 21 heavy (non-hydrogen) atoms.